The number of nitrogens with two attached hydrogens (primary N) is 1. The number of benzene rings is 2. The lowest BCUT2D eigenvalue weighted by Gasteiger charge is -2.16. The summed E-state index contributed by atoms with van der Waals surface area (Å²) in [6, 6.07) is 16.0. The van der Waals surface area contributed by atoms with Gasteiger partial charge in [0.15, 0.2) is 6.54 Å². The molecule has 130 valence electrons. The van der Waals surface area contributed by atoms with E-state index in [9.17, 15) is 4.79 Å². The highest BCUT2D eigenvalue weighted by Gasteiger charge is 2.16. The maximum absolute atomic E-state index is 12.4. The van der Waals surface area contributed by atoms with E-state index in [0.29, 0.717) is 13.1 Å². The summed E-state index contributed by atoms with van der Waals surface area (Å²) in [5.41, 5.74) is 2.15. The molecule has 0 fully saturated rings. The highest BCUT2D eigenvalue weighted by atomic mass is 35.5. The van der Waals surface area contributed by atoms with Gasteiger partial charge in [0.2, 0.25) is 0 Å². The van der Waals surface area contributed by atoms with Crippen LogP contribution in [0.25, 0.3) is 10.2 Å². The smallest absolute Gasteiger partial charge is 0.277 e. The number of aromatic nitrogens is 1. The van der Waals surface area contributed by atoms with Crippen LogP contribution in [0.15, 0.2) is 48.5 Å². The molecule has 0 saturated heterocycles. The van der Waals surface area contributed by atoms with Crippen LogP contribution in [0.1, 0.15) is 23.5 Å². The van der Waals surface area contributed by atoms with E-state index in [1.807, 2.05) is 54.8 Å². The van der Waals surface area contributed by atoms with Crippen LogP contribution in [0.2, 0.25) is 5.02 Å². The van der Waals surface area contributed by atoms with Crippen molar-refractivity contribution in [1.29, 1.82) is 0 Å². The molecule has 6 heteroatoms. The van der Waals surface area contributed by atoms with Crippen molar-refractivity contribution in [3.8, 4) is 0 Å². The number of likely N-dealkylation sites (N-methyl/N-ethyl adjacent to an activating group) is 1. The van der Waals surface area contributed by atoms with Crippen molar-refractivity contribution in [3.05, 3.63) is 64.1 Å². The first-order chi connectivity index (χ1) is 12.0. The minimum absolute atomic E-state index is 0.0973. The second-order valence-electron chi connectivity index (χ2n) is 6.11. The van der Waals surface area contributed by atoms with Crippen LogP contribution in [0.4, 0.5) is 0 Å². The van der Waals surface area contributed by atoms with Crippen molar-refractivity contribution in [2.45, 2.75) is 19.5 Å². The summed E-state index contributed by atoms with van der Waals surface area (Å²) in [6.07, 6.45) is 0. The molecule has 1 amide bonds. The first-order valence-corrected chi connectivity index (χ1v) is 9.39. The van der Waals surface area contributed by atoms with E-state index in [0.717, 1.165) is 25.8 Å². The van der Waals surface area contributed by atoms with Gasteiger partial charge >= 0.3 is 0 Å². The number of quaternary nitrogens is 1. The molecule has 25 heavy (non-hydrogen) atoms. The van der Waals surface area contributed by atoms with Crippen molar-refractivity contribution in [2.75, 3.05) is 13.6 Å². The van der Waals surface area contributed by atoms with Crippen molar-refractivity contribution >= 4 is 39.1 Å². The van der Waals surface area contributed by atoms with Crippen LogP contribution in [0.3, 0.4) is 0 Å². The average Bonchev–Trinajstić information content (AvgIpc) is 3.02. The van der Waals surface area contributed by atoms with Crippen molar-refractivity contribution in [3.63, 3.8) is 0 Å². The third-order valence-corrected chi connectivity index (χ3v) is 5.45. The van der Waals surface area contributed by atoms with E-state index in [2.05, 4.69) is 18.0 Å². The van der Waals surface area contributed by atoms with Gasteiger partial charge in [-0.3, -0.25) is 4.79 Å². The highest BCUT2D eigenvalue weighted by molar-refractivity contribution is 7.18. The van der Waals surface area contributed by atoms with Crippen LogP contribution in [0, 0.1) is 0 Å². The number of rotatable bonds is 6. The summed E-state index contributed by atoms with van der Waals surface area (Å²) in [7, 11) is 1.83. The van der Waals surface area contributed by atoms with Gasteiger partial charge in [0.05, 0.1) is 16.8 Å². The third-order valence-electron chi connectivity index (χ3n) is 4.18. The molecule has 0 spiro atoms. The van der Waals surface area contributed by atoms with Crippen LogP contribution in [-0.2, 0) is 11.3 Å². The van der Waals surface area contributed by atoms with Crippen molar-refractivity contribution in [2.24, 2.45) is 0 Å². The van der Waals surface area contributed by atoms with Gasteiger partial charge in [0, 0.05) is 17.6 Å². The molecule has 4 nitrogen and oxygen atoms in total. The standard InChI is InChI=1S/C19H20ClN3OS/c1-13(14-7-9-15(20)10-8-14)21-11-19(24)23(2)12-18-22-16-5-3-4-6-17(16)25-18/h3-10,13,21H,11-12H2,1-2H3/p+1/t13-/m1/s1. The Morgan fingerprint density at radius 2 is 1.96 bits per heavy atom. The molecule has 2 aromatic carbocycles. The monoisotopic (exact) mass is 374 g/mol. The molecule has 0 aliphatic carbocycles. The van der Waals surface area contributed by atoms with Gasteiger partial charge in [0.25, 0.3) is 5.91 Å². The average molecular weight is 375 g/mol. The maximum atomic E-state index is 12.4. The first kappa shape index (κ1) is 17.9. The molecule has 0 saturated carbocycles. The van der Waals surface area contributed by atoms with Gasteiger partial charge in [-0.15, -0.1) is 11.3 Å². The summed E-state index contributed by atoms with van der Waals surface area (Å²) in [5, 5.41) is 3.73. The Bertz CT molecular complexity index is 829. The normalized spacial score (nSPS) is 12.3. The fraction of sp³-hybridized carbons (Fsp3) is 0.263. The summed E-state index contributed by atoms with van der Waals surface area (Å²) in [6.45, 7) is 3.04. The first-order valence-electron chi connectivity index (χ1n) is 8.20. The Morgan fingerprint density at radius 1 is 1.24 bits per heavy atom. The maximum Gasteiger partial charge on any atom is 0.277 e. The SMILES string of the molecule is C[C@@H]([NH2+]CC(=O)N(C)Cc1nc2ccccc2s1)c1ccc(Cl)cc1. The zero-order valence-corrected chi connectivity index (χ0v) is 15.8. The van der Waals surface area contributed by atoms with E-state index >= 15 is 0 Å². The summed E-state index contributed by atoms with van der Waals surface area (Å²) in [4.78, 5) is 18.7. The van der Waals surface area contributed by atoms with E-state index in [-0.39, 0.29) is 11.9 Å². The minimum Gasteiger partial charge on any atom is -0.334 e. The number of fused-ring (bicyclic) bond motifs is 1. The molecule has 3 aromatic rings. The summed E-state index contributed by atoms with van der Waals surface area (Å²) >= 11 is 7.55. The van der Waals surface area contributed by atoms with Gasteiger partial charge in [0.1, 0.15) is 11.0 Å². The van der Waals surface area contributed by atoms with Gasteiger partial charge in [-0.05, 0) is 31.2 Å². The lowest BCUT2D eigenvalue weighted by molar-refractivity contribution is -0.683. The molecule has 0 radical (unpaired) electrons. The van der Waals surface area contributed by atoms with Crippen molar-refractivity contribution < 1.29 is 10.1 Å². The van der Waals surface area contributed by atoms with E-state index < -0.39 is 0 Å². The number of carbonyl (C=O) groups excluding carboxylic acids is 1. The molecular weight excluding hydrogens is 354 g/mol. The fourth-order valence-corrected chi connectivity index (χ4v) is 3.76. The molecule has 1 atom stereocenters. The summed E-state index contributed by atoms with van der Waals surface area (Å²) < 4.78 is 1.15. The van der Waals surface area contributed by atoms with Gasteiger partial charge in [-0.2, -0.15) is 0 Å². The number of hydrogen-bond acceptors (Lipinski definition) is 3. The Hall–Kier alpha value is -1.95. The fourth-order valence-electron chi connectivity index (χ4n) is 2.61. The lowest BCUT2D eigenvalue weighted by atomic mass is 10.1. The van der Waals surface area contributed by atoms with Gasteiger partial charge in [-0.1, -0.05) is 35.9 Å². The van der Waals surface area contributed by atoms with E-state index in [1.165, 1.54) is 0 Å². The quantitative estimate of drug-likeness (QED) is 0.720. The molecule has 3 rings (SSSR count). The molecule has 1 heterocycles. The number of thiazole rings is 1. The Labute approximate surface area is 156 Å². The molecule has 0 bridgehead atoms. The number of halogens is 1. The lowest BCUT2D eigenvalue weighted by Crippen LogP contribution is -2.86. The number of hydrogen-bond donors (Lipinski definition) is 1. The molecule has 0 unspecified atom stereocenters. The summed E-state index contributed by atoms with van der Waals surface area (Å²) in [5.74, 6) is 0.0973. The van der Waals surface area contributed by atoms with Crippen LogP contribution < -0.4 is 5.32 Å². The van der Waals surface area contributed by atoms with Crippen LogP contribution in [-0.4, -0.2) is 29.4 Å². The molecule has 0 aliphatic rings. The predicted octanol–water partition coefficient (Wildman–Crippen LogP) is 3.23. The van der Waals surface area contributed by atoms with Crippen LogP contribution >= 0.6 is 22.9 Å². The topological polar surface area (TPSA) is 49.8 Å². The minimum atomic E-state index is 0.0973. The molecule has 0 aliphatic heterocycles. The second kappa shape index (κ2) is 7.95. The number of amides is 1. The number of carbonyl (C=O) groups is 1. The predicted molar refractivity (Wildman–Crippen MR) is 103 cm³/mol. The Morgan fingerprint density at radius 3 is 2.68 bits per heavy atom. The van der Waals surface area contributed by atoms with Crippen LogP contribution in [0.5, 0.6) is 0 Å². The molecular formula is C19H21ClN3OS+. The Kier molecular flexibility index (Phi) is 5.68. The highest BCUT2D eigenvalue weighted by Crippen LogP contribution is 2.22. The Balaban J connectivity index is 1.54. The molecule has 2 N–H and O–H groups in total. The van der Waals surface area contributed by atoms with Gasteiger partial charge in [-0.25, -0.2) is 4.98 Å². The third kappa shape index (κ3) is 4.57. The largest absolute Gasteiger partial charge is 0.334 e. The van der Waals surface area contributed by atoms with E-state index in [1.54, 1.807) is 16.2 Å². The zero-order chi connectivity index (χ0) is 17.8. The second-order valence-corrected chi connectivity index (χ2v) is 7.66. The number of para-hydroxylation sites is 1. The zero-order valence-electron chi connectivity index (χ0n) is 14.3. The van der Waals surface area contributed by atoms with E-state index in [4.69, 9.17) is 11.6 Å². The molecule has 1 aromatic heterocycles. The van der Waals surface area contributed by atoms with Gasteiger partial charge < -0.3 is 10.2 Å². The van der Waals surface area contributed by atoms with Crippen molar-refractivity contribution in [1.82, 2.24) is 9.88 Å². The number of nitrogens with zero attached hydrogens (tertiary/aromatic N) is 2.